The highest BCUT2D eigenvalue weighted by atomic mass is 35.5. The van der Waals surface area contributed by atoms with Crippen LogP contribution >= 0.6 is 23.2 Å². The highest BCUT2D eigenvalue weighted by Crippen LogP contribution is 2.40. The minimum atomic E-state index is -4.97. The van der Waals surface area contributed by atoms with Crippen LogP contribution in [-0.2, 0) is 68.8 Å². The molecule has 2 aromatic heterocycles. The second-order valence-corrected chi connectivity index (χ2v) is 30.8. The lowest BCUT2D eigenvalue weighted by Crippen LogP contribution is -2.48. The lowest BCUT2D eigenvalue weighted by atomic mass is 9.98. The summed E-state index contributed by atoms with van der Waals surface area (Å²) < 4.78 is 160. The average molecular weight is 1490 g/mol. The number of piperazine rings is 2. The fourth-order valence-electron chi connectivity index (χ4n) is 11.8. The molecule has 0 saturated carbocycles. The van der Waals surface area contributed by atoms with E-state index in [1.54, 1.807) is 78.1 Å². The van der Waals surface area contributed by atoms with E-state index in [-0.39, 0.29) is 61.3 Å². The van der Waals surface area contributed by atoms with E-state index in [9.17, 15) is 52.8 Å². The summed E-state index contributed by atoms with van der Waals surface area (Å²) in [6.45, 7) is 16.2. The Morgan fingerprint density at radius 3 is 1.32 bits per heavy atom. The van der Waals surface area contributed by atoms with Crippen LogP contribution in [0.5, 0.6) is 11.5 Å². The molecule has 0 bridgehead atoms. The summed E-state index contributed by atoms with van der Waals surface area (Å²) in [5, 5.41) is 7.83. The number of benzene rings is 6. The van der Waals surface area contributed by atoms with Crippen LogP contribution in [0.4, 0.5) is 35.9 Å². The largest absolute Gasteiger partial charge is 0.573 e. The number of ether oxygens (including phenoxy) is 4. The Kier molecular flexibility index (Phi) is 26.0. The molecule has 2 amide bonds. The molecule has 0 unspecified atom stereocenters. The van der Waals surface area contributed by atoms with Crippen LogP contribution in [0.1, 0.15) is 84.1 Å². The minimum Gasteiger partial charge on any atom is -0.444 e. The summed E-state index contributed by atoms with van der Waals surface area (Å²) in [5.74, 6) is -0.873. The van der Waals surface area contributed by atoms with Crippen LogP contribution < -0.4 is 31.6 Å². The quantitative estimate of drug-likeness (QED) is 0.0365. The number of hydrogen-bond acceptors (Lipinski definition) is 14. The van der Waals surface area contributed by atoms with E-state index in [0.717, 1.165) is 22.7 Å². The van der Waals surface area contributed by atoms with Gasteiger partial charge < -0.3 is 50.2 Å². The molecule has 10 rings (SSSR count). The molecule has 548 valence electrons. The topological polar surface area (TPSA) is 238 Å². The number of alkyl halides is 6. The van der Waals surface area contributed by atoms with Gasteiger partial charge in [0.1, 0.15) is 22.7 Å². The lowest BCUT2D eigenvalue weighted by Gasteiger charge is -2.34. The number of halogens is 8. The molecule has 4 heterocycles. The van der Waals surface area contributed by atoms with E-state index >= 15 is 0 Å². The van der Waals surface area contributed by atoms with Gasteiger partial charge in [-0.15, -0.1) is 26.3 Å². The summed E-state index contributed by atoms with van der Waals surface area (Å²) in [4.78, 5) is 29.4. The van der Waals surface area contributed by atoms with Crippen LogP contribution in [0.25, 0.3) is 44.1 Å². The van der Waals surface area contributed by atoms with Gasteiger partial charge in [-0.2, -0.15) is 8.61 Å². The standard InChI is InChI=1S/C40H49ClF3N5O7S.C30H33ClF3N5O3S.CH4/c1-38(2,3)55-36(50)45-16-9-17-48-26-33(31-14-12-29(54-40(42,43)44)22-28(31)24-46-37(51)56-39(4,5)6)32-23-30(13-15-35(32)48)57(52,53)49-20-18-47(19-21-49)25-27-10-7-8-11-34(27)41;31-28-5-2-1-4-21(28)19-37-12-14-39(15-13-37)43(40,41)24-7-9-29-26(17-24)27(20-38(29)11-3-10-35)25-8-6-23(16-22(25)18-36)42-30(32,33)34;/h7-8,10-15,22-23,26H,9,16-21,24-25H2,1-6H3,(H,45,50)(H,46,51);1-2,4-9,16-17,20H,3,10-15,18-19,35-36H2;1H4. The maximum atomic E-state index is 14.2. The van der Waals surface area contributed by atoms with Crippen molar-refractivity contribution >= 4 is 77.2 Å². The lowest BCUT2D eigenvalue weighted by molar-refractivity contribution is -0.275. The third kappa shape index (κ3) is 21.3. The molecular weight excluding hydrogens is 1400 g/mol. The molecule has 2 aliphatic rings. The first-order valence-corrected chi connectivity index (χ1v) is 36.0. The summed E-state index contributed by atoms with van der Waals surface area (Å²) in [6, 6.07) is 32.7. The molecule has 8 aromatic rings. The second kappa shape index (κ2) is 33.2. The number of nitrogens with two attached hydrogens (primary N) is 2. The van der Waals surface area contributed by atoms with Gasteiger partial charge in [0.2, 0.25) is 20.0 Å². The predicted octanol–water partition coefficient (Wildman–Crippen LogP) is 14.1. The fourth-order valence-corrected chi connectivity index (χ4v) is 15.1. The van der Waals surface area contributed by atoms with Crippen LogP contribution in [-0.4, -0.2) is 146 Å². The van der Waals surface area contributed by atoms with E-state index in [2.05, 4.69) is 29.9 Å². The average Bonchev–Trinajstić information content (AvgIpc) is 1.66. The summed E-state index contributed by atoms with van der Waals surface area (Å²) in [7, 11) is -7.80. The van der Waals surface area contributed by atoms with Crippen LogP contribution in [0, 0.1) is 0 Å². The van der Waals surface area contributed by atoms with Crippen LogP contribution in [0.3, 0.4) is 0 Å². The number of nitrogens with zero attached hydrogens (tertiary/aromatic N) is 6. The molecule has 0 aliphatic carbocycles. The van der Waals surface area contributed by atoms with Crippen LogP contribution in [0.15, 0.2) is 144 Å². The molecular formula is C71H86Cl2F6N10O10S2. The Labute approximate surface area is 595 Å². The molecule has 101 heavy (non-hydrogen) atoms. The van der Waals surface area contributed by atoms with E-state index in [4.69, 9.17) is 44.1 Å². The maximum Gasteiger partial charge on any atom is 0.573 e. The number of amides is 2. The second-order valence-electron chi connectivity index (χ2n) is 26.1. The highest BCUT2D eigenvalue weighted by molar-refractivity contribution is 7.89. The van der Waals surface area contributed by atoms with E-state index in [1.807, 2.05) is 63.9 Å². The molecule has 2 saturated heterocycles. The van der Waals surface area contributed by atoms with Gasteiger partial charge in [-0.05, 0) is 167 Å². The van der Waals surface area contributed by atoms with Crippen molar-refractivity contribution in [1.82, 2.24) is 38.2 Å². The van der Waals surface area contributed by atoms with Crippen molar-refractivity contribution in [2.24, 2.45) is 11.5 Å². The summed E-state index contributed by atoms with van der Waals surface area (Å²) in [6.07, 6.45) is -6.36. The predicted molar refractivity (Wildman–Crippen MR) is 379 cm³/mol. The zero-order chi connectivity index (χ0) is 72.5. The number of aryl methyl sites for hydroxylation is 2. The third-order valence-corrected chi connectivity index (χ3v) is 21.0. The summed E-state index contributed by atoms with van der Waals surface area (Å²) in [5.41, 5.74) is 16.4. The number of carbonyl (C=O) groups excluding carboxylic acids is 2. The van der Waals surface area contributed by atoms with E-state index in [1.165, 1.54) is 45.0 Å². The van der Waals surface area contributed by atoms with Crippen LogP contribution in [0.2, 0.25) is 10.0 Å². The van der Waals surface area contributed by atoms with Crippen molar-refractivity contribution in [3.05, 3.63) is 166 Å². The van der Waals surface area contributed by atoms with Crippen molar-refractivity contribution in [1.29, 1.82) is 0 Å². The fraction of sp³-hybridized carbons (Fsp3) is 0.408. The minimum absolute atomic E-state index is 0. The van der Waals surface area contributed by atoms with E-state index < -0.39 is 61.9 Å². The Morgan fingerprint density at radius 2 is 0.911 bits per heavy atom. The number of carbonyl (C=O) groups is 2. The Bertz CT molecular complexity index is 4430. The van der Waals surface area contributed by atoms with Crippen molar-refractivity contribution < 1.29 is 71.7 Å². The number of rotatable bonds is 22. The number of aromatic nitrogens is 2. The molecule has 6 aromatic carbocycles. The normalized spacial score (nSPS) is 14.8. The molecule has 2 aliphatic heterocycles. The molecule has 6 N–H and O–H groups in total. The SMILES string of the molecule is C.CC(C)(C)OC(=O)NCCCn1cc(-c2ccc(OC(F)(F)F)cc2CNC(=O)OC(C)(C)C)c2cc(S(=O)(=O)N3CCN(Cc4ccccc4Cl)CC3)ccc21.NCCCn1cc(-c2ccc(OC(F)(F)F)cc2CN)c2cc(S(=O)(=O)N3CCN(Cc4ccccc4Cl)CC3)ccc21. The van der Waals surface area contributed by atoms with Gasteiger partial charge in [-0.25, -0.2) is 26.4 Å². The molecule has 0 atom stereocenters. The Hall–Kier alpha value is -7.64. The molecule has 0 radical (unpaired) electrons. The Balaban J connectivity index is 0.000000264. The molecule has 2 fully saturated rings. The van der Waals surface area contributed by atoms with Gasteiger partial charge in [-0.1, -0.05) is 79.2 Å². The van der Waals surface area contributed by atoms with Crippen molar-refractivity contribution in [3.8, 4) is 33.8 Å². The van der Waals surface area contributed by atoms with Gasteiger partial charge in [-0.3, -0.25) is 9.80 Å². The van der Waals surface area contributed by atoms with Crippen molar-refractivity contribution in [2.45, 2.75) is 135 Å². The van der Waals surface area contributed by atoms with Crippen molar-refractivity contribution in [3.63, 3.8) is 0 Å². The van der Waals surface area contributed by atoms with Gasteiger partial charge in [0.15, 0.2) is 0 Å². The molecule has 30 heteroatoms. The maximum absolute atomic E-state index is 14.2. The first-order valence-electron chi connectivity index (χ1n) is 32.4. The van der Waals surface area contributed by atoms with Gasteiger partial charge in [0.05, 0.1) is 9.79 Å². The first-order chi connectivity index (χ1) is 47.1. The van der Waals surface area contributed by atoms with E-state index in [0.29, 0.717) is 139 Å². The monoisotopic (exact) mass is 1490 g/mol. The van der Waals surface area contributed by atoms with Gasteiger partial charge in [0, 0.05) is 154 Å². The Morgan fingerprint density at radius 1 is 0.505 bits per heavy atom. The number of hydrogen-bond donors (Lipinski definition) is 4. The third-order valence-electron chi connectivity index (χ3n) is 16.4. The highest BCUT2D eigenvalue weighted by Gasteiger charge is 2.35. The number of nitrogens with one attached hydrogen (secondary N) is 2. The number of fused-ring (bicyclic) bond motifs is 2. The van der Waals surface area contributed by atoms with Gasteiger partial charge in [0.25, 0.3) is 0 Å². The zero-order valence-corrected chi connectivity index (χ0v) is 59.3. The molecule has 0 spiro atoms. The first kappa shape index (κ1) is 79.1. The number of alkyl carbamates (subject to hydrolysis) is 2. The number of sulfonamides is 2. The smallest absolute Gasteiger partial charge is 0.444 e. The molecule has 20 nitrogen and oxygen atoms in total. The zero-order valence-electron chi connectivity index (χ0n) is 56.2. The summed E-state index contributed by atoms with van der Waals surface area (Å²) >= 11 is 12.7. The van der Waals surface area contributed by atoms with Crippen molar-refractivity contribution in [2.75, 3.05) is 65.4 Å². The van der Waals surface area contributed by atoms with Gasteiger partial charge >= 0.3 is 24.9 Å².